The third-order valence-corrected chi connectivity index (χ3v) is 11.4. The minimum Gasteiger partial charge on any atom is -0.423 e. The molecule has 0 heterocycles. The predicted octanol–water partition coefficient (Wildman–Crippen LogP) is 13.9. The van der Waals surface area contributed by atoms with Crippen LogP contribution in [0.1, 0.15) is 41.4 Å². The van der Waals surface area contributed by atoms with Gasteiger partial charge in [-0.05, 0) is 118 Å². The van der Waals surface area contributed by atoms with E-state index in [1.807, 2.05) is 121 Å². The van der Waals surface area contributed by atoms with Crippen LogP contribution in [0.15, 0.2) is 231 Å². The van der Waals surface area contributed by atoms with E-state index in [2.05, 4.69) is 12.1 Å². The van der Waals surface area contributed by atoms with Crippen molar-refractivity contribution in [2.75, 3.05) is 0 Å². The largest absolute Gasteiger partial charge is 0.423 e. The van der Waals surface area contributed by atoms with Gasteiger partial charge in [-0.25, -0.2) is 19.2 Å². The number of fused-ring (bicyclic) bond motifs is 2. The molecule has 0 fully saturated rings. The van der Waals surface area contributed by atoms with Crippen LogP contribution < -0.4 is 18.9 Å². The highest BCUT2D eigenvalue weighted by atomic mass is 16.5. The van der Waals surface area contributed by atoms with Gasteiger partial charge in [0.05, 0.1) is 22.3 Å². The van der Waals surface area contributed by atoms with Crippen LogP contribution in [0.5, 0.6) is 23.0 Å². The van der Waals surface area contributed by atoms with Gasteiger partial charge in [0, 0.05) is 21.9 Å². The second-order valence-corrected chi connectivity index (χ2v) is 15.8. The van der Waals surface area contributed by atoms with E-state index in [9.17, 15) is 19.2 Å². The summed E-state index contributed by atoms with van der Waals surface area (Å²) < 4.78 is 24.5. The van der Waals surface area contributed by atoms with E-state index in [0.29, 0.717) is 44.2 Å². The van der Waals surface area contributed by atoms with Gasteiger partial charge in [0.25, 0.3) is 0 Å². The SMILES string of the molecule is O=C(Oc1ccc(C(=O)Oc2c(-c3c(-c4ccccc4)cc4ccccc4c3OC(=O)c3ccc(OC(=O)c4ccccc4)cc3)c(-c3ccccc3)cc3ccccc23)cc1)c1ccccc1. The predicted molar refractivity (Wildman–Crippen MR) is 263 cm³/mol. The molecule has 0 aliphatic carbocycles. The van der Waals surface area contributed by atoms with E-state index in [0.717, 1.165) is 21.9 Å². The van der Waals surface area contributed by atoms with Crippen LogP contribution in [0.4, 0.5) is 0 Å². The third kappa shape index (κ3) is 8.85. The molecule has 0 saturated heterocycles. The molecule has 0 spiro atoms. The first-order valence-corrected chi connectivity index (χ1v) is 21.8. The molecule has 0 bridgehead atoms. The van der Waals surface area contributed by atoms with Gasteiger partial charge in [-0.1, -0.05) is 146 Å². The molecular weight excluding hydrogens is 849 g/mol. The molecule has 0 aliphatic heterocycles. The van der Waals surface area contributed by atoms with Crippen molar-refractivity contribution in [1.82, 2.24) is 0 Å². The molecule has 10 aromatic rings. The van der Waals surface area contributed by atoms with Gasteiger partial charge in [-0.15, -0.1) is 0 Å². The molecule has 0 unspecified atom stereocenters. The van der Waals surface area contributed by atoms with Crippen LogP contribution in [-0.2, 0) is 0 Å². The summed E-state index contributed by atoms with van der Waals surface area (Å²) in [4.78, 5) is 54.9. The number of carbonyl (C=O) groups excluding carboxylic acids is 4. The zero-order valence-corrected chi connectivity index (χ0v) is 36.2. The number of rotatable bonds is 11. The number of carbonyl (C=O) groups is 4. The Hall–Kier alpha value is -9.40. The fraction of sp³-hybridized carbons (Fsp3) is 0. The maximum Gasteiger partial charge on any atom is 0.343 e. The topological polar surface area (TPSA) is 105 Å². The number of hydrogen-bond acceptors (Lipinski definition) is 8. The van der Waals surface area contributed by atoms with Gasteiger partial charge in [0.2, 0.25) is 0 Å². The van der Waals surface area contributed by atoms with Crippen LogP contribution in [0, 0.1) is 0 Å². The molecule has 0 atom stereocenters. The summed E-state index contributed by atoms with van der Waals surface area (Å²) in [5, 5.41) is 2.87. The number of benzene rings is 10. The first-order chi connectivity index (χ1) is 33.4. The molecule has 0 aliphatic rings. The average Bonchev–Trinajstić information content (AvgIpc) is 3.40. The third-order valence-electron chi connectivity index (χ3n) is 11.4. The van der Waals surface area contributed by atoms with E-state index >= 15 is 0 Å². The minimum atomic E-state index is -0.670. The minimum absolute atomic E-state index is 0.205. The van der Waals surface area contributed by atoms with Crippen LogP contribution in [0.3, 0.4) is 0 Å². The van der Waals surface area contributed by atoms with Crippen molar-refractivity contribution in [2.45, 2.75) is 0 Å². The molecule has 10 aromatic carbocycles. The van der Waals surface area contributed by atoms with Gasteiger partial charge in [-0.3, -0.25) is 0 Å². The Bertz CT molecular complexity index is 3250. The molecule has 68 heavy (non-hydrogen) atoms. The molecule has 8 heteroatoms. The Morgan fingerprint density at radius 3 is 0.941 bits per heavy atom. The monoisotopic (exact) mass is 886 g/mol. The highest BCUT2D eigenvalue weighted by Gasteiger charge is 2.29. The van der Waals surface area contributed by atoms with Crippen molar-refractivity contribution in [1.29, 1.82) is 0 Å². The molecule has 0 amide bonds. The fourth-order valence-electron chi connectivity index (χ4n) is 8.13. The van der Waals surface area contributed by atoms with E-state index in [-0.39, 0.29) is 34.1 Å². The fourth-order valence-corrected chi connectivity index (χ4v) is 8.13. The molecule has 10 rings (SSSR count). The lowest BCUT2D eigenvalue weighted by Gasteiger charge is -2.24. The van der Waals surface area contributed by atoms with Crippen molar-refractivity contribution >= 4 is 45.4 Å². The van der Waals surface area contributed by atoms with Crippen molar-refractivity contribution in [2.24, 2.45) is 0 Å². The Morgan fingerprint density at radius 2 is 0.574 bits per heavy atom. The van der Waals surface area contributed by atoms with E-state index in [1.165, 1.54) is 0 Å². The molecule has 8 nitrogen and oxygen atoms in total. The van der Waals surface area contributed by atoms with Crippen LogP contribution in [-0.4, -0.2) is 23.9 Å². The van der Waals surface area contributed by atoms with E-state index < -0.39 is 23.9 Å². The summed E-state index contributed by atoms with van der Waals surface area (Å²) in [5.74, 6) is -1.42. The first kappa shape index (κ1) is 42.5. The highest BCUT2D eigenvalue weighted by molar-refractivity contribution is 6.13. The normalized spacial score (nSPS) is 10.9. The zero-order chi connectivity index (χ0) is 46.4. The summed E-state index contributed by atoms with van der Waals surface area (Å²) in [5.41, 5.74) is 5.27. The maximum absolute atomic E-state index is 14.6. The summed E-state index contributed by atoms with van der Waals surface area (Å²) >= 11 is 0. The first-order valence-electron chi connectivity index (χ1n) is 21.8. The average molecular weight is 887 g/mol. The summed E-state index contributed by atoms with van der Waals surface area (Å²) in [7, 11) is 0. The Kier molecular flexibility index (Phi) is 11.9. The van der Waals surface area contributed by atoms with Crippen LogP contribution in [0.25, 0.3) is 54.9 Å². The van der Waals surface area contributed by atoms with Gasteiger partial charge in [0.15, 0.2) is 0 Å². The summed E-state index contributed by atoms with van der Waals surface area (Å²) in [6.07, 6.45) is 0. The van der Waals surface area contributed by atoms with E-state index in [4.69, 9.17) is 18.9 Å². The van der Waals surface area contributed by atoms with Crippen molar-refractivity contribution in [3.8, 4) is 56.4 Å². The van der Waals surface area contributed by atoms with Crippen molar-refractivity contribution in [3.63, 3.8) is 0 Å². The lowest BCUT2D eigenvalue weighted by Crippen LogP contribution is -2.13. The standard InChI is InChI=1S/C60H38O8/c61-57(41-21-9-3-10-22-41)65-47-33-29-43(30-34-47)59(63)67-55-49-27-15-13-25-45(49)37-51(39-17-5-1-6-18-39)53(55)54-52(40-19-7-2-8-20-40)38-46-26-14-16-28-50(46)56(54)68-60(64)44-31-35-48(36-32-44)66-58(62)42-23-11-4-12-24-42/h1-38H. The van der Waals surface area contributed by atoms with Gasteiger partial charge >= 0.3 is 23.9 Å². The zero-order valence-electron chi connectivity index (χ0n) is 36.2. The summed E-state index contributed by atoms with van der Waals surface area (Å²) in [6, 6.07) is 68.6. The van der Waals surface area contributed by atoms with E-state index in [1.54, 1.807) is 97.1 Å². The molecule has 0 radical (unpaired) electrons. The Balaban J connectivity index is 1.13. The second kappa shape index (κ2) is 19.0. The second-order valence-electron chi connectivity index (χ2n) is 15.8. The van der Waals surface area contributed by atoms with Crippen LogP contribution in [0.2, 0.25) is 0 Å². The quantitative estimate of drug-likeness (QED) is 0.0934. The lowest BCUT2D eigenvalue weighted by atomic mass is 9.84. The Labute approximate surface area is 391 Å². The number of ether oxygens (including phenoxy) is 4. The summed E-state index contributed by atoms with van der Waals surface area (Å²) in [6.45, 7) is 0. The van der Waals surface area contributed by atoms with Crippen molar-refractivity contribution < 1.29 is 38.1 Å². The lowest BCUT2D eigenvalue weighted by molar-refractivity contribution is 0.0720. The molecule has 0 N–H and O–H groups in total. The van der Waals surface area contributed by atoms with Crippen molar-refractivity contribution in [3.05, 3.63) is 253 Å². The van der Waals surface area contributed by atoms with Gasteiger partial charge in [-0.2, -0.15) is 0 Å². The molecule has 0 saturated carbocycles. The Morgan fingerprint density at radius 1 is 0.279 bits per heavy atom. The van der Waals surface area contributed by atoms with Gasteiger partial charge in [0.1, 0.15) is 23.0 Å². The molecule has 326 valence electrons. The smallest absolute Gasteiger partial charge is 0.343 e. The maximum atomic E-state index is 14.6. The van der Waals surface area contributed by atoms with Crippen LogP contribution >= 0.6 is 0 Å². The molecule has 0 aromatic heterocycles. The number of esters is 4. The number of hydrogen-bond donors (Lipinski definition) is 0. The molecular formula is C60H38O8. The van der Waals surface area contributed by atoms with Gasteiger partial charge < -0.3 is 18.9 Å². The highest BCUT2D eigenvalue weighted by Crippen LogP contribution is 2.53.